The van der Waals surface area contributed by atoms with Gasteiger partial charge >= 0.3 is 0 Å². The Labute approximate surface area is 208 Å². The van der Waals surface area contributed by atoms with Gasteiger partial charge in [-0.25, -0.2) is 0 Å². The van der Waals surface area contributed by atoms with Gasteiger partial charge in [-0.3, -0.25) is 0 Å². The van der Waals surface area contributed by atoms with Crippen molar-refractivity contribution in [2.24, 2.45) is 0 Å². The van der Waals surface area contributed by atoms with E-state index in [9.17, 15) is 5.11 Å². The number of hydrogen-bond donors (Lipinski definition) is 2. The Morgan fingerprint density at radius 1 is 0.912 bits per heavy atom. The van der Waals surface area contributed by atoms with Crippen molar-refractivity contribution < 1.29 is 9.84 Å². The molecule has 2 aromatic carbocycles. The number of benzene rings is 2. The van der Waals surface area contributed by atoms with Crippen LogP contribution in [0.2, 0.25) is 0 Å². The molecule has 188 valence electrons. The molecule has 0 aliphatic carbocycles. The Kier molecular flexibility index (Phi) is 10.4. The summed E-state index contributed by atoms with van der Waals surface area (Å²) in [5.41, 5.74) is 4.48. The van der Waals surface area contributed by atoms with E-state index in [1.54, 1.807) is 0 Å². The van der Waals surface area contributed by atoms with E-state index in [2.05, 4.69) is 114 Å². The van der Waals surface area contributed by atoms with E-state index in [0.29, 0.717) is 6.54 Å². The molecule has 0 aromatic heterocycles. The van der Waals surface area contributed by atoms with Crippen LogP contribution in [0.3, 0.4) is 0 Å². The molecule has 2 rings (SSSR count). The Morgan fingerprint density at radius 3 is 2.00 bits per heavy atom. The van der Waals surface area contributed by atoms with Crippen molar-refractivity contribution >= 4 is 12.2 Å². The molecule has 1 atom stereocenters. The van der Waals surface area contributed by atoms with Crippen molar-refractivity contribution in [2.45, 2.75) is 64.9 Å². The average Bonchev–Trinajstić information content (AvgIpc) is 2.75. The number of aliphatic hydroxyl groups excluding tert-OH is 1. The first-order valence-electron chi connectivity index (χ1n) is 12.5. The molecule has 0 radical (unpaired) electrons. The fourth-order valence-electron chi connectivity index (χ4n) is 3.80. The van der Waals surface area contributed by atoms with Crippen molar-refractivity contribution in [3.63, 3.8) is 0 Å². The van der Waals surface area contributed by atoms with Crippen LogP contribution >= 0.6 is 0 Å². The molecular formula is C30H46N2O2. The number of ether oxygens (including phenoxy) is 1. The second-order valence-corrected chi connectivity index (χ2v) is 11.5. The van der Waals surface area contributed by atoms with E-state index in [1.807, 2.05) is 6.07 Å². The summed E-state index contributed by atoms with van der Waals surface area (Å²) >= 11 is 0. The Hall–Kier alpha value is -2.14. The Morgan fingerprint density at radius 2 is 1.47 bits per heavy atom. The minimum Gasteiger partial charge on any atom is -0.490 e. The molecule has 4 heteroatoms. The molecule has 0 aliphatic heterocycles. The maximum atomic E-state index is 10.6. The van der Waals surface area contributed by atoms with Crippen LogP contribution in [0.5, 0.6) is 5.75 Å². The third-order valence-electron chi connectivity index (χ3n) is 5.75. The van der Waals surface area contributed by atoms with Gasteiger partial charge in [-0.1, -0.05) is 84.0 Å². The summed E-state index contributed by atoms with van der Waals surface area (Å²) in [5, 5.41) is 13.9. The van der Waals surface area contributed by atoms with Gasteiger partial charge in [0.1, 0.15) is 18.5 Å². The number of rotatable bonds is 11. The zero-order valence-corrected chi connectivity index (χ0v) is 22.6. The van der Waals surface area contributed by atoms with Crippen LogP contribution in [0.25, 0.3) is 12.2 Å². The van der Waals surface area contributed by atoms with E-state index in [-0.39, 0.29) is 17.4 Å². The van der Waals surface area contributed by atoms with Gasteiger partial charge in [0.05, 0.1) is 0 Å². The number of nitrogens with zero attached hydrogens (tertiary/aromatic N) is 1. The average molecular weight is 467 g/mol. The number of nitrogens with one attached hydrogen (secondary N) is 1. The monoisotopic (exact) mass is 466 g/mol. The van der Waals surface area contributed by atoms with Crippen LogP contribution in [0.4, 0.5) is 0 Å². The standard InChI is InChI=1S/C30H46N2O2/c1-29(2,3)26-19-24(16-15-23-13-10-9-11-14-23)20-27(30(4,5)6)28(26)34-22-25(33)21-31-17-12-18-32(7)8/h9-11,13-16,19-20,25,31,33H,12,17-18,21-22H2,1-8H3/b16-15+. The van der Waals surface area contributed by atoms with Gasteiger partial charge in [0, 0.05) is 17.7 Å². The molecular weight excluding hydrogens is 420 g/mol. The van der Waals surface area contributed by atoms with Crippen LogP contribution in [0.15, 0.2) is 42.5 Å². The van der Waals surface area contributed by atoms with Crippen molar-refractivity contribution in [2.75, 3.05) is 40.3 Å². The molecule has 0 bridgehead atoms. The van der Waals surface area contributed by atoms with Crippen LogP contribution in [0, 0.1) is 0 Å². The van der Waals surface area contributed by atoms with Gasteiger partial charge in [-0.2, -0.15) is 0 Å². The van der Waals surface area contributed by atoms with Crippen molar-refractivity contribution in [3.05, 3.63) is 64.7 Å². The van der Waals surface area contributed by atoms with Gasteiger partial charge in [-0.05, 0) is 67.7 Å². The number of hydrogen-bond acceptors (Lipinski definition) is 4. The molecule has 0 spiro atoms. The summed E-state index contributed by atoms with van der Waals surface area (Å²) < 4.78 is 6.37. The zero-order valence-electron chi connectivity index (χ0n) is 22.6. The fraction of sp³-hybridized carbons (Fsp3) is 0.533. The summed E-state index contributed by atoms with van der Waals surface area (Å²) in [6, 6.07) is 14.8. The minimum atomic E-state index is -0.558. The molecule has 34 heavy (non-hydrogen) atoms. The van der Waals surface area contributed by atoms with Gasteiger partial charge < -0.3 is 20.1 Å². The minimum absolute atomic E-state index is 0.0959. The molecule has 0 aliphatic rings. The first-order valence-corrected chi connectivity index (χ1v) is 12.5. The molecule has 2 N–H and O–H groups in total. The SMILES string of the molecule is CN(C)CCCNCC(O)COc1c(C(C)(C)C)cc(/C=C/c2ccccc2)cc1C(C)(C)C. The maximum Gasteiger partial charge on any atom is 0.126 e. The zero-order chi connectivity index (χ0) is 25.4. The first kappa shape index (κ1) is 28.1. The summed E-state index contributed by atoms with van der Waals surface area (Å²) in [5.74, 6) is 0.906. The lowest BCUT2D eigenvalue weighted by Gasteiger charge is -2.31. The topological polar surface area (TPSA) is 44.7 Å². The smallest absolute Gasteiger partial charge is 0.126 e. The lowest BCUT2D eigenvalue weighted by atomic mass is 9.78. The highest BCUT2D eigenvalue weighted by Crippen LogP contribution is 2.41. The van der Waals surface area contributed by atoms with Crippen molar-refractivity contribution in [3.8, 4) is 5.75 Å². The van der Waals surface area contributed by atoms with Crippen LogP contribution in [-0.2, 0) is 10.8 Å². The highest BCUT2D eigenvalue weighted by Gasteiger charge is 2.28. The molecule has 0 saturated carbocycles. The molecule has 4 nitrogen and oxygen atoms in total. The second kappa shape index (κ2) is 12.5. The molecule has 2 aromatic rings. The lowest BCUT2D eigenvalue weighted by Crippen LogP contribution is -2.33. The fourth-order valence-corrected chi connectivity index (χ4v) is 3.80. The maximum absolute atomic E-state index is 10.6. The summed E-state index contributed by atoms with van der Waals surface area (Å²) in [4.78, 5) is 2.17. The molecule has 1 unspecified atom stereocenters. The van der Waals surface area contributed by atoms with Gasteiger partial charge in [0.25, 0.3) is 0 Å². The number of aliphatic hydroxyl groups is 1. The Bertz CT molecular complexity index is 871. The predicted molar refractivity (Wildman–Crippen MR) is 147 cm³/mol. The van der Waals surface area contributed by atoms with Crippen LogP contribution in [0.1, 0.15) is 70.2 Å². The van der Waals surface area contributed by atoms with E-state index in [1.165, 1.54) is 16.7 Å². The third kappa shape index (κ3) is 9.25. The van der Waals surface area contributed by atoms with E-state index < -0.39 is 6.10 Å². The van der Waals surface area contributed by atoms with Crippen LogP contribution < -0.4 is 10.1 Å². The summed E-state index contributed by atoms with van der Waals surface area (Å²) in [6.07, 6.45) is 4.83. The van der Waals surface area contributed by atoms with Gasteiger partial charge in [0.15, 0.2) is 0 Å². The van der Waals surface area contributed by atoms with E-state index >= 15 is 0 Å². The quantitative estimate of drug-likeness (QED) is 0.328. The van der Waals surface area contributed by atoms with Crippen LogP contribution in [-0.4, -0.2) is 56.4 Å². The van der Waals surface area contributed by atoms with Gasteiger partial charge in [0.2, 0.25) is 0 Å². The second-order valence-electron chi connectivity index (χ2n) is 11.5. The molecule has 0 amide bonds. The molecule has 0 heterocycles. The first-order chi connectivity index (χ1) is 15.9. The normalized spacial score (nSPS) is 13.6. The highest BCUT2D eigenvalue weighted by molar-refractivity contribution is 5.71. The summed E-state index contributed by atoms with van der Waals surface area (Å²) in [7, 11) is 4.15. The van der Waals surface area contributed by atoms with E-state index in [0.717, 1.165) is 30.8 Å². The van der Waals surface area contributed by atoms with Crippen molar-refractivity contribution in [1.82, 2.24) is 10.2 Å². The van der Waals surface area contributed by atoms with E-state index in [4.69, 9.17) is 4.74 Å². The summed E-state index contributed by atoms with van der Waals surface area (Å²) in [6.45, 7) is 16.0. The largest absolute Gasteiger partial charge is 0.490 e. The van der Waals surface area contributed by atoms with Gasteiger partial charge in [-0.15, -0.1) is 0 Å². The Balaban J connectivity index is 2.25. The van der Waals surface area contributed by atoms with Crippen molar-refractivity contribution in [1.29, 1.82) is 0 Å². The highest BCUT2D eigenvalue weighted by atomic mass is 16.5. The molecule has 0 saturated heterocycles. The predicted octanol–water partition coefficient (Wildman–Crippen LogP) is 5.73. The third-order valence-corrected chi connectivity index (χ3v) is 5.75. The molecule has 0 fully saturated rings. The lowest BCUT2D eigenvalue weighted by molar-refractivity contribution is 0.104.